The molecule has 0 saturated heterocycles. The maximum atomic E-state index is 12.6. The molecule has 30 heavy (non-hydrogen) atoms. The molecule has 7 nitrogen and oxygen atoms in total. The van der Waals surface area contributed by atoms with E-state index in [0.717, 1.165) is 16.1 Å². The molecule has 2 rings (SSSR count). The second kappa shape index (κ2) is 10.5. The number of amides is 1. The summed E-state index contributed by atoms with van der Waals surface area (Å²) < 4.78 is 36.7. The van der Waals surface area contributed by atoms with Crippen molar-refractivity contribution in [2.24, 2.45) is 0 Å². The molecule has 1 atom stereocenters. The Bertz CT molecular complexity index is 964. The Morgan fingerprint density at radius 2 is 1.77 bits per heavy atom. The van der Waals surface area contributed by atoms with Crippen LogP contribution in [-0.4, -0.2) is 46.4 Å². The molecule has 0 spiro atoms. The molecule has 2 aromatic carbocycles. The fourth-order valence-corrected chi connectivity index (χ4v) is 4.16. The van der Waals surface area contributed by atoms with Gasteiger partial charge < -0.3 is 14.8 Å². The van der Waals surface area contributed by atoms with Gasteiger partial charge in [-0.15, -0.1) is 0 Å². The van der Waals surface area contributed by atoms with E-state index >= 15 is 0 Å². The summed E-state index contributed by atoms with van der Waals surface area (Å²) in [6.45, 7) is 6.24. The van der Waals surface area contributed by atoms with Crippen molar-refractivity contribution in [3.63, 3.8) is 0 Å². The second-order valence-electron chi connectivity index (χ2n) is 6.71. The summed E-state index contributed by atoms with van der Waals surface area (Å²) in [6.07, 6.45) is 1.07. The van der Waals surface area contributed by atoms with Gasteiger partial charge in [-0.1, -0.05) is 17.7 Å². The zero-order chi connectivity index (χ0) is 22.3. The lowest BCUT2D eigenvalue weighted by Crippen LogP contribution is -2.48. The molecule has 0 aliphatic heterocycles. The van der Waals surface area contributed by atoms with Gasteiger partial charge in [-0.05, 0) is 62.7 Å². The highest BCUT2D eigenvalue weighted by atomic mass is 35.5. The van der Waals surface area contributed by atoms with Crippen molar-refractivity contribution in [1.82, 2.24) is 5.32 Å². The number of carbonyl (C=O) groups is 1. The van der Waals surface area contributed by atoms with Crippen molar-refractivity contribution >= 4 is 33.2 Å². The predicted molar refractivity (Wildman–Crippen MR) is 119 cm³/mol. The predicted octanol–water partition coefficient (Wildman–Crippen LogP) is 3.40. The Hall–Kier alpha value is -2.45. The molecule has 0 bridgehead atoms. The van der Waals surface area contributed by atoms with Crippen LogP contribution >= 0.6 is 11.6 Å². The second-order valence-corrected chi connectivity index (χ2v) is 8.98. The summed E-state index contributed by atoms with van der Waals surface area (Å²) in [7, 11) is -3.68. The molecule has 1 unspecified atom stereocenters. The summed E-state index contributed by atoms with van der Waals surface area (Å²) in [5, 5.41) is 3.31. The van der Waals surface area contributed by atoms with Crippen molar-refractivity contribution in [1.29, 1.82) is 0 Å². The van der Waals surface area contributed by atoms with E-state index in [2.05, 4.69) is 5.32 Å². The average Bonchev–Trinajstić information content (AvgIpc) is 2.68. The van der Waals surface area contributed by atoms with Crippen LogP contribution in [0.1, 0.15) is 19.4 Å². The van der Waals surface area contributed by atoms with Crippen molar-refractivity contribution in [2.75, 3.05) is 30.3 Å². The number of nitrogens with zero attached hydrogens (tertiary/aromatic N) is 1. The Morgan fingerprint density at radius 1 is 1.13 bits per heavy atom. The minimum absolute atomic E-state index is 0.218. The van der Waals surface area contributed by atoms with E-state index in [9.17, 15) is 13.2 Å². The molecule has 0 aliphatic carbocycles. The Kier molecular flexibility index (Phi) is 8.37. The van der Waals surface area contributed by atoms with Gasteiger partial charge in [0, 0.05) is 5.02 Å². The van der Waals surface area contributed by atoms with Crippen LogP contribution in [0.25, 0.3) is 0 Å². The van der Waals surface area contributed by atoms with Gasteiger partial charge in [0.1, 0.15) is 24.1 Å². The molecule has 1 amide bonds. The zero-order valence-electron chi connectivity index (χ0n) is 17.5. The fraction of sp³-hybridized carbons (Fsp3) is 0.381. The van der Waals surface area contributed by atoms with Crippen molar-refractivity contribution in [2.45, 2.75) is 26.8 Å². The van der Waals surface area contributed by atoms with Gasteiger partial charge in [-0.2, -0.15) is 0 Å². The van der Waals surface area contributed by atoms with E-state index in [-0.39, 0.29) is 13.2 Å². The first-order valence-corrected chi connectivity index (χ1v) is 11.7. The Morgan fingerprint density at radius 3 is 2.33 bits per heavy atom. The van der Waals surface area contributed by atoms with Crippen molar-refractivity contribution in [3.05, 3.63) is 53.1 Å². The molecule has 0 aliphatic rings. The van der Waals surface area contributed by atoms with Gasteiger partial charge in [0.05, 0.1) is 25.1 Å². The first kappa shape index (κ1) is 23.8. The molecule has 1 N–H and O–H groups in total. The third-order valence-corrected chi connectivity index (χ3v) is 5.95. The summed E-state index contributed by atoms with van der Waals surface area (Å²) >= 11 is 6.06. The maximum absolute atomic E-state index is 12.6. The standard InChI is InChI=1S/C21H27ClN2O5S/c1-5-28-18-10-7-17(8-11-18)24(30(4,26)27)16(3)21(25)23-12-13-29-19-9-6-15(2)20(22)14-19/h6-11,14,16H,5,12-13H2,1-4H3,(H,23,25). The number of ether oxygens (including phenoxy) is 2. The van der Waals surface area contributed by atoms with E-state index in [0.29, 0.717) is 28.8 Å². The van der Waals surface area contributed by atoms with Gasteiger partial charge in [0.15, 0.2) is 0 Å². The highest BCUT2D eigenvalue weighted by molar-refractivity contribution is 7.92. The summed E-state index contributed by atoms with van der Waals surface area (Å²) in [5.41, 5.74) is 1.33. The number of rotatable bonds is 10. The highest BCUT2D eigenvalue weighted by Crippen LogP contribution is 2.24. The van der Waals surface area contributed by atoms with Gasteiger partial charge in [-0.25, -0.2) is 8.42 Å². The minimum Gasteiger partial charge on any atom is -0.494 e. The van der Waals surface area contributed by atoms with Crippen LogP contribution in [0, 0.1) is 6.92 Å². The van der Waals surface area contributed by atoms with Crippen LogP contribution in [0.3, 0.4) is 0 Å². The monoisotopic (exact) mass is 454 g/mol. The van der Waals surface area contributed by atoms with Gasteiger partial charge in [0.2, 0.25) is 15.9 Å². The van der Waals surface area contributed by atoms with Crippen molar-refractivity contribution in [3.8, 4) is 11.5 Å². The number of benzene rings is 2. The van der Waals surface area contributed by atoms with E-state index in [4.69, 9.17) is 21.1 Å². The molecule has 164 valence electrons. The number of hydrogen-bond acceptors (Lipinski definition) is 5. The Balaban J connectivity index is 1.98. The van der Waals surface area contributed by atoms with Crippen LogP contribution in [0.2, 0.25) is 5.02 Å². The lowest BCUT2D eigenvalue weighted by molar-refractivity contribution is -0.121. The number of sulfonamides is 1. The lowest BCUT2D eigenvalue weighted by Gasteiger charge is -2.28. The number of halogens is 1. The molecule has 0 saturated carbocycles. The quantitative estimate of drug-likeness (QED) is 0.556. The SMILES string of the molecule is CCOc1ccc(N(C(C)C(=O)NCCOc2ccc(C)c(Cl)c2)S(C)(=O)=O)cc1. The number of aryl methyl sites for hydroxylation is 1. The van der Waals surface area contributed by atoms with Crippen LogP contribution in [-0.2, 0) is 14.8 Å². The first-order chi connectivity index (χ1) is 14.1. The molecule has 0 heterocycles. The van der Waals surface area contributed by atoms with Gasteiger partial charge in [0.25, 0.3) is 0 Å². The first-order valence-electron chi connectivity index (χ1n) is 9.52. The lowest BCUT2D eigenvalue weighted by atomic mass is 10.2. The van der Waals surface area contributed by atoms with E-state index in [1.54, 1.807) is 36.4 Å². The van der Waals surface area contributed by atoms with E-state index in [1.165, 1.54) is 6.92 Å². The van der Waals surface area contributed by atoms with Crippen LogP contribution < -0.4 is 19.1 Å². The third kappa shape index (κ3) is 6.53. The number of carbonyl (C=O) groups excluding carboxylic acids is 1. The van der Waals surface area contributed by atoms with Crippen LogP contribution in [0.4, 0.5) is 5.69 Å². The van der Waals surface area contributed by atoms with Crippen LogP contribution in [0.15, 0.2) is 42.5 Å². The molecule has 2 aromatic rings. The number of anilines is 1. The summed E-state index contributed by atoms with van der Waals surface area (Å²) in [4.78, 5) is 12.6. The molecular formula is C21H27ClN2O5S. The number of hydrogen-bond donors (Lipinski definition) is 1. The van der Waals surface area contributed by atoms with E-state index < -0.39 is 22.0 Å². The number of nitrogens with one attached hydrogen (secondary N) is 1. The topological polar surface area (TPSA) is 84.9 Å². The Labute approximate surface area is 183 Å². The largest absolute Gasteiger partial charge is 0.494 e. The highest BCUT2D eigenvalue weighted by Gasteiger charge is 2.28. The summed E-state index contributed by atoms with van der Waals surface area (Å²) in [5.74, 6) is 0.792. The average molecular weight is 455 g/mol. The minimum atomic E-state index is -3.68. The van der Waals surface area contributed by atoms with Crippen molar-refractivity contribution < 1.29 is 22.7 Å². The van der Waals surface area contributed by atoms with E-state index in [1.807, 2.05) is 19.9 Å². The fourth-order valence-electron chi connectivity index (χ4n) is 2.82. The molecule has 9 heteroatoms. The van der Waals surface area contributed by atoms with Gasteiger partial charge in [-0.3, -0.25) is 9.10 Å². The zero-order valence-corrected chi connectivity index (χ0v) is 19.1. The van der Waals surface area contributed by atoms with Crippen LogP contribution in [0.5, 0.6) is 11.5 Å². The molecular weight excluding hydrogens is 428 g/mol. The smallest absolute Gasteiger partial charge is 0.243 e. The summed E-state index contributed by atoms with van der Waals surface area (Å²) in [6, 6.07) is 11.0. The molecule has 0 radical (unpaired) electrons. The normalized spacial score (nSPS) is 12.2. The third-order valence-electron chi connectivity index (χ3n) is 4.30. The molecule has 0 aromatic heterocycles. The maximum Gasteiger partial charge on any atom is 0.243 e. The van der Waals surface area contributed by atoms with Gasteiger partial charge >= 0.3 is 0 Å². The molecule has 0 fully saturated rings.